The van der Waals surface area contributed by atoms with Crippen LogP contribution in [0.2, 0.25) is 5.02 Å². The number of hydrogen-bond donors (Lipinski definition) is 2. The fourth-order valence-electron chi connectivity index (χ4n) is 3.42. The molecule has 3 aromatic carbocycles. The maximum atomic E-state index is 6.35. The van der Waals surface area contributed by atoms with Gasteiger partial charge in [0.15, 0.2) is 17.3 Å². The summed E-state index contributed by atoms with van der Waals surface area (Å²) in [7, 11) is 3.21. The molecule has 170 valence electrons. The molecule has 0 saturated carbocycles. The average Bonchev–Trinajstić information content (AvgIpc) is 3.22. The zero-order valence-electron chi connectivity index (χ0n) is 18.2. The van der Waals surface area contributed by atoms with Crippen LogP contribution in [-0.4, -0.2) is 29.1 Å². The summed E-state index contributed by atoms with van der Waals surface area (Å²) in [5.41, 5.74) is 5.96. The van der Waals surface area contributed by atoms with Gasteiger partial charge in [-0.15, -0.1) is 0 Å². The third-order valence-electron chi connectivity index (χ3n) is 4.99. The van der Waals surface area contributed by atoms with Gasteiger partial charge < -0.3 is 19.6 Å². The Morgan fingerprint density at radius 2 is 1.73 bits per heavy atom. The van der Waals surface area contributed by atoms with E-state index in [0.717, 1.165) is 16.7 Å². The monoisotopic (exact) mass is 482 g/mol. The third kappa shape index (κ3) is 5.13. The van der Waals surface area contributed by atoms with Crippen LogP contribution in [0.4, 0.5) is 0 Å². The van der Waals surface area contributed by atoms with Gasteiger partial charge in [0.25, 0.3) is 0 Å². The second kappa shape index (κ2) is 10.4. The van der Waals surface area contributed by atoms with Crippen molar-refractivity contribution in [1.82, 2.24) is 14.9 Å². The van der Waals surface area contributed by atoms with Gasteiger partial charge in [0.1, 0.15) is 12.4 Å². The van der Waals surface area contributed by atoms with Gasteiger partial charge in [0.05, 0.1) is 26.3 Å². The quantitative estimate of drug-likeness (QED) is 0.302. The lowest BCUT2D eigenvalue weighted by Gasteiger charge is -2.18. The molecule has 1 heterocycles. The lowest BCUT2D eigenvalue weighted by molar-refractivity contribution is 0.281. The number of methoxy groups -OCH3 is 2. The highest BCUT2D eigenvalue weighted by atomic mass is 35.5. The Morgan fingerprint density at radius 1 is 1.00 bits per heavy atom. The maximum absolute atomic E-state index is 6.35. The van der Waals surface area contributed by atoms with Gasteiger partial charge >= 0.3 is 0 Å². The highest BCUT2D eigenvalue weighted by molar-refractivity contribution is 7.71. The Morgan fingerprint density at radius 3 is 2.48 bits per heavy atom. The zero-order valence-corrected chi connectivity index (χ0v) is 19.7. The lowest BCUT2D eigenvalue weighted by Crippen LogP contribution is -2.17. The van der Waals surface area contributed by atoms with E-state index in [1.54, 1.807) is 25.0 Å². The summed E-state index contributed by atoms with van der Waals surface area (Å²) >= 11 is 11.8. The zero-order chi connectivity index (χ0) is 23.2. The van der Waals surface area contributed by atoms with E-state index >= 15 is 0 Å². The molecule has 33 heavy (non-hydrogen) atoms. The van der Waals surface area contributed by atoms with E-state index in [4.69, 9.17) is 38.0 Å². The minimum Gasteiger partial charge on any atom is -0.496 e. The van der Waals surface area contributed by atoms with Crippen molar-refractivity contribution < 1.29 is 14.2 Å². The molecule has 0 radical (unpaired) electrons. The predicted octanol–water partition coefficient (Wildman–Crippen LogP) is 5.60. The van der Waals surface area contributed by atoms with Gasteiger partial charge in [-0.2, -0.15) is 5.10 Å². The molecule has 0 unspecified atom stereocenters. The molecule has 0 aliphatic rings. The van der Waals surface area contributed by atoms with E-state index in [-0.39, 0.29) is 0 Å². The van der Waals surface area contributed by atoms with Crippen LogP contribution in [0.5, 0.6) is 17.2 Å². The molecule has 2 N–H and O–H groups in total. The fraction of sp³-hybridized carbons (Fsp3) is 0.167. The maximum Gasteiger partial charge on any atom is 0.214 e. The number of para-hydroxylation sites is 1. The van der Waals surface area contributed by atoms with Crippen LogP contribution in [0.3, 0.4) is 0 Å². The number of nitrogens with zero attached hydrogens (tertiary/aromatic N) is 2. The lowest BCUT2D eigenvalue weighted by atomic mass is 10.1. The molecule has 0 saturated heterocycles. The first-order valence-corrected chi connectivity index (χ1v) is 11.0. The highest BCUT2D eigenvalue weighted by Crippen LogP contribution is 2.36. The van der Waals surface area contributed by atoms with Crippen LogP contribution in [-0.2, 0) is 13.2 Å². The van der Waals surface area contributed by atoms with Crippen molar-refractivity contribution in [3.8, 4) is 28.6 Å². The molecule has 0 bridgehead atoms. The summed E-state index contributed by atoms with van der Waals surface area (Å²) in [6.45, 7) is 0.750. The van der Waals surface area contributed by atoms with E-state index in [9.17, 15) is 0 Å². The normalized spacial score (nSPS) is 10.6. The van der Waals surface area contributed by atoms with E-state index in [1.165, 1.54) is 0 Å². The fourth-order valence-corrected chi connectivity index (χ4v) is 3.84. The molecule has 1 aromatic heterocycles. The van der Waals surface area contributed by atoms with E-state index < -0.39 is 0 Å². The summed E-state index contributed by atoms with van der Waals surface area (Å²) in [5, 5.41) is 7.75. The Hall–Kier alpha value is -3.49. The standard InChI is InChI=1S/C24H23ClN4O3S/c1-30-20-11-7-6-10-19(20)23-27-28-24(33)29(23)26-14-17-12-18(25)13-21(31-2)22(17)32-15-16-8-4-3-5-9-16/h3-13,26H,14-15H2,1-2H3,(H,28,33). The number of H-pyrrole nitrogens is 1. The number of hydrogen-bond acceptors (Lipinski definition) is 6. The number of halogens is 1. The molecule has 0 atom stereocenters. The van der Waals surface area contributed by atoms with Crippen molar-refractivity contribution in [3.63, 3.8) is 0 Å². The Balaban J connectivity index is 1.63. The molecule has 0 spiro atoms. The van der Waals surface area contributed by atoms with Crippen molar-refractivity contribution in [2.24, 2.45) is 0 Å². The SMILES string of the molecule is COc1ccccc1-c1n[nH]c(=S)n1NCc1cc(Cl)cc(OC)c1OCc1ccccc1. The number of rotatable bonds is 9. The van der Waals surface area contributed by atoms with Crippen LogP contribution in [0.25, 0.3) is 11.4 Å². The van der Waals surface area contributed by atoms with Crippen molar-refractivity contribution in [2.75, 3.05) is 19.6 Å². The van der Waals surface area contributed by atoms with Gasteiger partial charge in [-0.25, -0.2) is 9.77 Å². The van der Waals surface area contributed by atoms with Crippen molar-refractivity contribution >= 4 is 23.8 Å². The van der Waals surface area contributed by atoms with Gasteiger partial charge in [-0.1, -0.05) is 54.1 Å². The smallest absolute Gasteiger partial charge is 0.214 e. The van der Waals surface area contributed by atoms with E-state index in [2.05, 4.69) is 15.6 Å². The van der Waals surface area contributed by atoms with Crippen molar-refractivity contribution in [1.29, 1.82) is 0 Å². The number of aromatic amines is 1. The third-order valence-corrected chi connectivity index (χ3v) is 5.48. The van der Waals surface area contributed by atoms with Gasteiger partial charge in [0.2, 0.25) is 4.77 Å². The number of benzene rings is 3. The summed E-state index contributed by atoms with van der Waals surface area (Å²) in [6.07, 6.45) is 0. The number of aromatic nitrogens is 3. The Bertz CT molecular complexity index is 1290. The molecule has 0 fully saturated rings. The summed E-state index contributed by atoms with van der Waals surface area (Å²) in [5.74, 6) is 2.44. The molecule has 4 rings (SSSR count). The summed E-state index contributed by atoms with van der Waals surface area (Å²) < 4.78 is 19.3. The highest BCUT2D eigenvalue weighted by Gasteiger charge is 2.16. The van der Waals surface area contributed by atoms with Crippen LogP contribution in [0.1, 0.15) is 11.1 Å². The molecular weight excluding hydrogens is 460 g/mol. The Kier molecular flexibility index (Phi) is 7.16. The molecule has 7 nitrogen and oxygen atoms in total. The second-order valence-electron chi connectivity index (χ2n) is 7.09. The van der Waals surface area contributed by atoms with Gasteiger partial charge in [-0.3, -0.25) is 0 Å². The molecule has 0 aliphatic carbocycles. The minimum atomic E-state index is 0.358. The molecule has 0 amide bonds. The first-order chi connectivity index (χ1) is 16.1. The minimum absolute atomic E-state index is 0.358. The summed E-state index contributed by atoms with van der Waals surface area (Å²) in [6, 6.07) is 21.1. The molecular formula is C24H23ClN4O3S. The number of nitrogens with one attached hydrogen (secondary N) is 2. The van der Waals surface area contributed by atoms with Crippen molar-refractivity contribution in [3.05, 3.63) is 87.7 Å². The van der Waals surface area contributed by atoms with Crippen LogP contribution < -0.4 is 19.6 Å². The largest absolute Gasteiger partial charge is 0.496 e. The van der Waals surface area contributed by atoms with Crippen LogP contribution >= 0.6 is 23.8 Å². The van der Waals surface area contributed by atoms with Gasteiger partial charge in [-0.05, 0) is 36.0 Å². The molecule has 4 aromatic rings. The van der Waals surface area contributed by atoms with Crippen LogP contribution in [0.15, 0.2) is 66.7 Å². The first-order valence-electron chi connectivity index (χ1n) is 10.2. The first kappa shape index (κ1) is 22.7. The molecule has 9 heteroatoms. The molecule has 0 aliphatic heterocycles. The van der Waals surface area contributed by atoms with Crippen LogP contribution in [0, 0.1) is 4.77 Å². The average molecular weight is 483 g/mol. The predicted molar refractivity (Wildman–Crippen MR) is 131 cm³/mol. The van der Waals surface area contributed by atoms with Gasteiger partial charge in [0, 0.05) is 16.7 Å². The van der Waals surface area contributed by atoms with E-state index in [1.807, 2.05) is 60.7 Å². The summed E-state index contributed by atoms with van der Waals surface area (Å²) in [4.78, 5) is 0. The van der Waals surface area contributed by atoms with E-state index in [0.29, 0.717) is 46.0 Å². The second-order valence-corrected chi connectivity index (χ2v) is 7.92. The Labute approximate surface area is 201 Å². The van der Waals surface area contributed by atoms with Crippen molar-refractivity contribution in [2.45, 2.75) is 13.2 Å². The number of ether oxygens (including phenoxy) is 3. The topological polar surface area (TPSA) is 73.3 Å².